The molecule has 0 bridgehead atoms. The second-order valence-corrected chi connectivity index (χ2v) is 8.34. The fourth-order valence-electron chi connectivity index (χ4n) is 4.78. The maximum absolute atomic E-state index is 13.0. The van der Waals surface area contributed by atoms with E-state index in [0.29, 0.717) is 6.54 Å². The number of anilines is 1. The van der Waals surface area contributed by atoms with Gasteiger partial charge in [-0.15, -0.1) is 0 Å². The number of aromatic nitrogens is 2. The average Bonchev–Trinajstić information content (AvgIpc) is 3.27. The second-order valence-electron chi connectivity index (χ2n) is 8.34. The number of piperidine rings is 1. The molecule has 0 radical (unpaired) electrons. The van der Waals surface area contributed by atoms with Crippen LogP contribution in [0.25, 0.3) is 11.0 Å². The molecule has 4 heterocycles. The fourth-order valence-corrected chi connectivity index (χ4v) is 4.78. The first kappa shape index (κ1) is 18.2. The Hall–Kier alpha value is -2.86. The molecule has 2 aliphatic heterocycles. The molecule has 1 aromatic carbocycles. The summed E-state index contributed by atoms with van der Waals surface area (Å²) in [7, 11) is 2.04. The molecule has 2 aliphatic rings. The minimum atomic E-state index is -0.146. The summed E-state index contributed by atoms with van der Waals surface area (Å²) in [5, 5.41) is 0. The van der Waals surface area contributed by atoms with Crippen LogP contribution >= 0.6 is 0 Å². The largest absolute Gasteiger partial charge is 0.368 e. The molecule has 29 heavy (non-hydrogen) atoms. The van der Waals surface area contributed by atoms with Crippen molar-refractivity contribution in [2.24, 2.45) is 12.8 Å². The van der Waals surface area contributed by atoms with Crippen molar-refractivity contribution in [3.63, 3.8) is 0 Å². The lowest BCUT2D eigenvalue weighted by Gasteiger charge is -2.39. The zero-order valence-electron chi connectivity index (χ0n) is 17.0. The van der Waals surface area contributed by atoms with Crippen LogP contribution < -0.4 is 10.6 Å². The molecule has 0 saturated carbocycles. The van der Waals surface area contributed by atoms with Gasteiger partial charge in [0, 0.05) is 50.5 Å². The van der Waals surface area contributed by atoms with E-state index >= 15 is 0 Å². The Morgan fingerprint density at radius 1 is 1.24 bits per heavy atom. The molecular weight excluding hydrogens is 362 g/mol. The van der Waals surface area contributed by atoms with Crippen LogP contribution in [0.5, 0.6) is 0 Å². The summed E-state index contributed by atoms with van der Waals surface area (Å²) in [5.74, 6) is 0.163. The van der Waals surface area contributed by atoms with Crippen LogP contribution in [0.3, 0.4) is 0 Å². The number of rotatable bonds is 3. The second kappa shape index (κ2) is 6.88. The van der Waals surface area contributed by atoms with E-state index < -0.39 is 0 Å². The number of nitrogens with zero attached hydrogens (tertiary/aromatic N) is 4. The summed E-state index contributed by atoms with van der Waals surface area (Å²) >= 11 is 0. The van der Waals surface area contributed by atoms with E-state index in [1.807, 2.05) is 44.4 Å². The number of pyridine rings is 1. The van der Waals surface area contributed by atoms with Gasteiger partial charge in [-0.05, 0) is 43.5 Å². The van der Waals surface area contributed by atoms with Gasteiger partial charge in [0.25, 0.3) is 5.91 Å². The van der Waals surface area contributed by atoms with Crippen LogP contribution in [0.15, 0.2) is 42.6 Å². The Kier molecular flexibility index (Phi) is 4.32. The van der Waals surface area contributed by atoms with Crippen molar-refractivity contribution in [1.29, 1.82) is 0 Å². The summed E-state index contributed by atoms with van der Waals surface area (Å²) in [6.07, 6.45) is 4.11. The van der Waals surface area contributed by atoms with Crippen LogP contribution in [0.4, 0.5) is 5.69 Å². The number of amides is 1. The van der Waals surface area contributed by atoms with Crippen molar-refractivity contribution in [2.75, 3.05) is 18.0 Å². The predicted octanol–water partition coefficient (Wildman–Crippen LogP) is 3.22. The predicted molar refractivity (Wildman–Crippen MR) is 115 cm³/mol. The van der Waals surface area contributed by atoms with E-state index in [1.54, 1.807) is 0 Å². The summed E-state index contributed by atoms with van der Waals surface area (Å²) in [6, 6.07) is 12.3. The van der Waals surface area contributed by atoms with Crippen LogP contribution in [0.2, 0.25) is 0 Å². The van der Waals surface area contributed by atoms with E-state index in [0.717, 1.165) is 59.5 Å². The Bertz CT molecular complexity index is 1090. The number of aryl methyl sites for hydroxylation is 1. The lowest BCUT2D eigenvalue weighted by Crippen LogP contribution is -2.48. The molecule has 0 spiro atoms. The zero-order chi connectivity index (χ0) is 20.1. The third-order valence-electron chi connectivity index (χ3n) is 6.33. The topological polar surface area (TPSA) is 67.4 Å². The molecular formula is C23H27N5O. The van der Waals surface area contributed by atoms with Crippen molar-refractivity contribution >= 4 is 22.6 Å². The zero-order valence-corrected chi connectivity index (χ0v) is 17.0. The third kappa shape index (κ3) is 2.99. The number of nitrogens with two attached hydrogens (primary N) is 1. The number of fused-ring (bicyclic) bond motifs is 2. The highest BCUT2D eigenvalue weighted by Gasteiger charge is 2.35. The molecule has 0 unspecified atom stereocenters. The first-order chi connectivity index (χ1) is 14.0. The summed E-state index contributed by atoms with van der Waals surface area (Å²) in [6.45, 7) is 4.48. The molecule has 1 fully saturated rings. The van der Waals surface area contributed by atoms with Gasteiger partial charge in [0.1, 0.15) is 0 Å². The highest BCUT2D eigenvalue weighted by atomic mass is 16.2. The monoisotopic (exact) mass is 389 g/mol. The van der Waals surface area contributed by atoms with Gasteiger partial charge in [-0.2, -0.15) is 0 Å². The number of hydrogen-bond acceptors (Lipinski definition) is 4. The van der Waals surface area contributed by atoms with Crippen molar-refractivity contribution in [3.8, 4) is 0 Å². The van der Waals surface area contributed by atoms with E-state index in [2.05, 4.69) is 26.5 Å². The number of benzene rings is 1. The van der Waals surface area contributed by atoms with Crippen molar-refractivity contribution in [2.45, 2.75) is 38.4 Å². The molecule has 2 N–H and O–H groups in total. The first-order valence-corrected chi connectivity index (χ1v) is 10.4. The molecule has 1 amide bonds. The number of carbonyl (C=O) groups excluding carboxylic acids is 1. The minimum absolute atomic E-state index is 0.146. The van der Waals surface area contributed by atoms with Gasteiger partial charge in [-0.3, -0.25) is 4.79 Å². The number of hydrogen-bond donors (Lipinski definition) is 1. The first-order valence-electron chi connectivity index (χ1n) is 10.4. The van der Waals surface area contributed by atoms with E-state index in [4.69, 9.17) is 10.7 Å². The summed E-state index contributed by atoms with van der Waals surface area (Å²) in [5.41, 5.74) is 12.4. The van der Waals surface area contributed by atoms with Crippen LogP contribution in [-0.2, 0) is 13.6 Å². The Labute approximate surface area is 170 Å². The highest BCUT2D eigenvalue weighted by Crippen LogP contribution is 2.33. The van der Waals surface area contributed by atoms with E-state index in [-0.39, 0.29) is 18.0 Å². The van der Waals surface area contributed by atoms with Crippen molar-refractivity contribution in [1.82, 2.24) is 14.5 Å². The summed E-state index contributed by atoms with van der Waals surface area (Å²) in [4.78, 5) is 22.3. The van der Waals surface area contributed by atoms with Crippen LogP contribution in [0, 0.1) is 0 Å². The molecule has 150 valence electrons. The molecule has 5 rings (SSSR count). The number of carbonyl (C=O) groups is 1. The lowest BCUT2D eigenvalue weighted by molar-refractivity contribution is 0.0685. The smallest absolute Gasteiger partial charge is 0.254 e. The molecule has 3 aromatic rings. The maximum atomic E-state index is 13.0. The summed E-state index contributed by atoms with van der Waals surface area (Å²) < 4.78 is 2.10. The Morgan fingerprint density at radius 3 is 2.86 bits per heavy atom. The molecule has 2 aromatic heterocycles. The SMILES string of the molecule is C[C@H](N)c1nc2ccn(C)c2cc1N1CCC[C@H](N2Cc3ccccc3C2=O)C1. The highest BCUT2D eigenvalue weighted by molar-refractivity contribution is 5.98. The molecule has 6 nitrogen and oxygen atoms in total. The van der Waals surface area contributed by atoms with Gasteiger partial charge < -0.3 is 20.1 Å². The van der Waals surface area contributed by atoms with Gasteiger partial charge in [0.2, 0.25) is 0 Å². The standard InChI is InChI=1S/C23H27N5O/c1-15(24)22-21(12-20-19(25-22)9-11-26(20)2)27-10-5-7-17(14-27)28-13-16-6-3-4-8-18(16)23(28)29/h3-4,6,8-9,11-12,15,17H,5,7,10,13-14,24H2,1-2H3/t15-,17-/m0/s1. The van der Waals surface area contributed by atoms with Crippen molar-refractivity contribution in [3.05, 3.63) is 59.4 Å². The van der Waals surface area contributed by atoms with Gasteiger partial charge >= 0.3 is 0 Å². The lowest BCUT2D eigenvalue weighted by atomic mass is 10.0. The molecule has 2 atom stereocenters. The minimum Gasteiger partial charge on any atom is -0.368 e. The average molecular weight is 390 g/mol. The van der Waals surface area contributed by atoms with Crippen LogP contribution in [-0.4, -0.2) is 39.5 Å². The normalized spacial score (nSPS) is 20.4. The van der Waals surface area contributed by atoms with Gasteiger partial charge in [0.05, 0.1) is 22.4 Å². The Morgan fingerprint density at radius 2 is 2.07 bits per heavy atom. The maximum Gasteiger partial charge on any atom is 0.254 e. The molecule has 1 saturated heterocycles. The van der Waals surface area contributed by atoms with E-state index in [9.17, 15) is 4.79 Å². The quantitative estimate of drug-likeness (QED) is 0.747. The molecule has 6 heteroatoms. The van der Waals surface area contributed by atoms with Gasteiger partial charge in [-0.25, -0.2) is 4.98 Å². The molecule has 0 aliphatic carbocycles. The fraction of sp³-hybridized carbons (Fsp3) is 0.391. The third-order valence-corrected chi connectivity index (χ3v) is 6.33. The van der Waals surface area contributed by atoms with E-state index in [1.165, 1.54) is 0 Å². The Balaban J connectivity index is 1.46. The van der Waals surface area contributed by atoms with Gasteiger partial charge in [-0.1, -0.05) is 18.2 Å². The van der Waals surface area contributed by atoms with Crippen LogP contribution in [0.1, 0.15) is 47.4 Å². The van der Waals surface area contributed by atoms with Gasteiger partial charge in [0.15, 0.2) is 0 Å². The van der Waals surface area contributed by atoms with Crippen molar-refractivity contribution < 1.29 is 4.79 Å².